The highest BCUT2D eigenvalue weighted by Gasteiger charge is 2.47. The summed E-state index contributed by atoms with van der Waals surface area (Å²) < 4.78 is 5.33. The maximum Gasteiger partial charge on any atom is 0.323 e. The van der Waals surface area contributed by atoms with E-state index in [2.05, 4.69) is 5.32 Å². The molecule has 3 atom stereocenters. The van der Waals surface area contributed by atoms with Gasteiger partial charge in [-0.05, 0) is 44.4 Å². The van der Waals surface area contributed by atoms with Crippen LogP contribution < -0.4 is 11.1 Å². The van der Waals surface area contributed by atoms with Gasteiger partial charge in [0, 0.05) is 11.4 Å². The molecule has 2 rings (SSSR count). The van der Waals surface area contributed by atoms with Crippen LogP contribution in [-0.4, -0.2) is 42.0 Å². The molecule has 1 aliphatic carbocycles. The average Bonchev–Trinajstić information content (AvgIpc) is 2.62. The Bertz CT molecular complexity index is 696. The lowest BCUT2D eigenvalue weighted by atomic mass is 9.74. The highest BCUT2D eigenvalue weighted by atomic mass is 35.5. The van der Waals surface area contributed by atoms with Crippen LogP contribution in [0.25, 0.3) is 0 Å². The van der Waals surface area contributed by atoms with Crippen molar-refractivity contribution in [3.8, 4) is 0 Å². The minimum Gasteiger partial charge on any atom is -0.481 e. The normalized spacial score (nSPS) is 24.1. The molecule has 0 radical (unpaired) electrons. The molecule has 1 aromatic rings. The number of Topliss-reactive ketones (excluding diaryl/α,β-unsaturated/α-hetero) is 1. The van der Waals surface area contributed by atoms with Gasteiger partial charge in [-0.1, -0.05) is 29.8 Å². The largest absolute Gasteiger partial charge is 0.481 e. The van der Waals surface area contributed by atoms with E-state index in [4.69, 9.17) is 27.2 Å². The topological polar surface area (TPSA) is 119 Å². The Morgan fingerprint density at radius 1 is 1.46 bits per heavy atom. The monoisotopic (exact) mass is 382 g/mol. The van der Waals surface area contributed by atoms with Gasteiger partial charge in [0.05, 0.1) is 0 Å². The number of benzene rings is 1. The zero-order chi connectivity index (χ0) is 19.3. The number of carbonyl (C=O) groups excluding carboxylic acids is 2. The number of nitrogens with one attached hydrogen (secondary N) is 1. The minimum absolute atomic E-state index is 0.0449. The number of carboxylic acids is 1. The molecule has 4 N–H and O–H groups in total. The number of rotatable bonds is 7. The lowest BCUT2D eigenvalue weighted by molar-refractivity contribution is -0.161. The van der Waals surface area contributed by atoms with Gasteiger partial charge in [-0.25, -0.2) is 0 Å². The van der Waals surface area contributed by atoms with Crippen molar-refractivity contribution in [2.45, 2.75) is 49.8 Å². The van der Waals surface area contributed by atoms with Gasteiger partial charge < -0.3 is 20.9 Å². The molecular weight excluding hydrogens is 360 g/mol. The second-order valence-electron chi connectivity index (χ2n) is 6.36. The molecule has 0 aliphatic heterocycles. The molecule has 1 fully saturated rings. The van der Waals surface area contributed by atoms with Gasteiger partial charge in [0.15, 0.2) is 11.9 Å². The molecule has 1 aliphatic rings. The summed E-state index contributed by atoms with van der Waals surface area (Å²) in [5.41, 5.74) is 5.29. The number of carboxylic acid groups (broad SMARTS) is 1. The van der Waals surface area contributed by atoms with Crippen LogP contribution in [0, 0.1) is 0 Å². The van der Waals surface area contributed by atoms with Gasteiger partial charge in [0.2, 0.25) is 0 Å². The summed E-state index contributed by atoms with van der Waals surface area (Å²) >= 11 is 6.29. The van der Waals surface area contributed by atoms with Crippen molar-refractivity contribution in [2.75, 3.05) is 7.05 Å². The molecule has 1 saturated carbocycles. The summed E-state index contributed by atoms with van der Waals surface area (Å²) in [4.78, 5) is 35.9. The second kappa shape index (κ2) is 8.62. The molecule has 0 bridgehead atoms. The number of ketones is 1. The van der Waals surface area contributed by atoms with Gasteiger partial charge in [0.1, 0.15) is 11.6 Å². The first-order valence-electron chi connectivity index (χ1n) is 8.48. The van der Waals surface area contributed by atoms with Crippen LogP contribution in [0.2, 0.25) is 5.02 Å². The first-order valence-corrected chi connectivity index (χ1v) is 8.85. The fraction of sp³-hybridized carbons (Fsp3) is 0.500. The van der Waals surface area contributed by atoms with Crippen molar-refractivity contribution in [1.29, 1.82) is 0 Å². The van der Waals surface area contributed by atoms with Crippen molar-refractivity contribution < 1.29 is 24.2 Å². The second-order valence-corrected chi connectivity index (χ2v) is 6.76. The molecule has 8 heteroatoms. The average molecular weight is 383 g/mol. The standard InChI is InChI=1S/C18H23ClN2O5/c1-21-18(11-5-2-3-6-12(11)19)10-4-7-14(16(18)24)26-17(25)13(20)8-9-15(22)23/h2-3,5-6,13-14,21H,4,7-10,20H2,1H3,(H,22,23)/t13-,14-,18-/m0/s1. The summed E-state index contributed by atoms with van der Waals surface area (Å²) in [6.45, 7) is 0. The van der Waals surface area contributed by atoms with Gasteiger partial charge in [-0.2, -0.15) is 0 Å². The third-order valence-corrected chi connectivity index (χ3v) is 5.05. The number of aliphatic carboxylic acids is 1. The molecular formula is C18H23ClN2O5. The number of esters is 1. The van der Waals surface area contributed by atoms with Crippen molar-refractivity contribution in [1.82, 2.24) is 5.32 Å². The lowest BCUT2D eigenvalue weighted by Crippen LogP contribution is -2.56. The van der Waals surface area contributed by atoms with E-state index in [1.165, 1.54) is 0 Å². The van der Waals surface area contributed by atoms with Crippen LogP contribution >= 0.6 is 11.6 Å². The lowest BCUT2D eigenvalue weighted by Gasteiger charge is -2.39. The summed E-state index contributed by atoms with van der Waals surface area (Å²) in [7, 11) is 1.67. The van der Waals surface area contributed by atoms with E-state index in [9.17, 15) is 14.4 Å². The molecule has 0 aromatic heterocycles. The SMILES string of the molecule is CN[C@]1(c2ccccc2Cl)CCC[C@H](OC(=O)[C@@H](N)CCC(=O)O)C1=O. The molecule has 1 aromatic carbocycles. The molecule has 0 unspecified atom stereocenters. The van der Waals surface area contributed by atoms with Gasteiger partial charge in [-0.3, -0.25) is 14.4 Å². The molecule has 0 heterocycles. The summed E-state index contributed by atoms with van der Waals surface area (Å²) in [6, 6.07) is 5.98. The number of nitrogens with two attached hydrogens (primary N) is 1. The number of hydrogen-bond donors (Lipinski definition) is 3. The number of carbonyl (C=O) groups is 3. The van der Waals surface area contributed by atoms with Crippen molar-refractivity contribution in [3.05, 3.63) is 34.9 Å². The molecule has 26 heavy (non-hydrogen) atoms. The van der Waals surface area contributed by atoms with E-state index in [1.54, 1.807) is 31.3 Å². The van der Waals surface area contributed by atoms with Crippen molar-refractivity contribution in [2.24, 2.45) is 5.73 Å². The van der Waals surface area contributed by atoms with Crippen LogP contribution in [-0.2, 0) is 24.7 Å². The Hall–Kier alpha value is -1.96. The molecule has 0 amide bonds. The number of halogens is 1. The van der Waals surface area contributed by atoms with Crippen LogP contribution in [0.4, 0.5) is 0 Å². The smallest absolute Gasteiger partial charge is 0.323 e. The summed E-state index contributed by atoms with van der Waals surface area (Å²) in [5, 5.41) is 12.2. The Labute approximate surface area is 156 Å². The maximum absolute atomic E-state index is 13.1. The fourth-order valence-corrected chi connectivity index (χ4v) is 3.57. The number of ether oxygens (including phenoxy) is 1. The summed E-state index contributed by atoms with van der Waals surface area (Å²) in [6.07, 6.45) is 0.344. The van der Waals surface area contributed by atoms with E-state index in [1.807, 2.05) is 0 Å². The Morgan fingerprint density at radius 3 is 2.77 bits per heavy atom. The highest BCUT2D eigenvalue weighted by Crippen LogP contribution is 2.38. The van der Waals surface area contributed by atoms with E-state index in [0.29, 0.717) is 29.8 Å². The minimum atomic E-state index is -1.08. The molecule has 0 saturated heterocycles. The fourth-order valence-electron chi connectivity index (χ4n) is 3.28. The zero-order valence-electron chi connectivity index (χ0n) is 14.5. The first-order chi connectivity index (χ1) is 12.3. The third kappa shape index (κ3) is 4.23. The van der Waals surface area contributed by atoms with Gasteiger partial charge in [0.25, 0.3) is 0 Å². The van der Waals surface area contributed by atoms with E-state index >= 15 is 0 Å². The van der Waals surface area contributed by atoms with Crippen LogP contribution in [0.5, 0.6) is 0 Å². The van der Waals surface area contributed by atoms with Crippen LogP contribution in [0.3, 0.4) is 0 Å². The number of likely N-dealkylation sites (N-methyl/N-ethyl adjacent to an activating group) is 1. The van der Waals surface area contributed by atoms with Crippen molar-refractivity contribution >= 4 is 29.3 Å². The van der Waals surface area contributed by atoms with E-state index in [-0.39, 0.29) is 18.6 Å². The Morgan fingerprint density at radius 2 is 2.15 bits per heavy atom. The van der Waals surface area contributed by atoms with Gasteiger partial charge in [-0.15, -0.1) is 0 Å². The van der Waals surface area contributed by atoms with Crippen LogP contribution in [0.15, 0.2) is 24.3 Å². The predicted octanol–water partition coefficient (Wildman–Crippen LogP) is 1.61. The molecule has 142 valence electrons. The Kier molecular flexibility index (Phi) is 6.75. The van der Waals surface area contributed by atoms with Gasteiger partial charge >= 0.3 is 11.9 Å². The third-order valence-electron chi connectivity index (χ3n) is 4.72. The summed E-state index contributed by atoms with van der Waals surface area (Å²) in [5.74, 6) is -2.09. The van der Waals surface area contributed by atoms with E-state index in [0.717, 1.165) is 0 Å². The predicted molar refractivity (Wildman–Crippen MR) is 95.8 cm³/mol. The van der Waals surface area contributed by atoms with E-state index < -0.39 is 29.6 Å². The quantitative estimate of drug-likeness (QED) is 0.613. The Balaban J connectivity index is 2.17. The first kappa shape index (κ1) is 20.4. The maximum atomic E-state index is 13.1. The highest BCUT2D eigenvalue weighted by molar-refractivity contribution is 6.31. The molecule has 7 nitrogen and oxygen atoms in total. The number of hydrogen-bond acceptors (Lipinski definition) is 6. The van der Waals surface area contributed by atoms with Crippen LogP contribution in [0.1, 0.15) is 37.7 Å². The molecule has 0 spiro atoms. The van der Waals surface area contributed by atoms with Crippen molar-refractivity contribution in [3.63, 3.8) is 0 Å². The zero-order valence-corrected chi connectivity index (χ0v) is 15.3.